The number of carbonyl (C=O) groups is 1. The summed E-state index contributed by atoms with van der Waals surface area (Å²) in [5, 5.41) is 0.576. The highest BCUT2D eigenvalue weighted by Gasteiger charge is 2.25. The van der Waals surface area contributed by atoms with Crippen LogP contribution >= 0.6 is 11.6 Å². The third kappa shape index (κ3) is 2.77. The van der Waals surface area contributed by atoms with Crippen LogP contribution in [0.2, 0.25) is 5.02 Å². The van der Waals surface area contributed by atoms with Crippen molar-refractivity contribution in [3.05, 3.63) is 47.1 Å². The lowest BCUT2D eigenvalue weighted by molar-refractivity contribution is 0.100. The number of benzene rings is 1. The molecule has 3 rings (SSSR count). The largest absolute Gasteiger partial charge is 0.334 e. The molecule has 1 heterocycles. The first-order valence-electron chi connectivity index (χ1n) is 7.65. The predicted molar refractivity (Wildman–Crippen MR) is 87.0 cm³/mol. The Kier molecular flexibility index (Phi) is 4.16. The summed E-state index contributed by atoms with van der Waals surface area (Å²) >= 11 is 6.37. The van der Waals surface area contributed by atoms with Gasteiger partial charge in [-0.05, 0) is 24.5 Å². The quantitative estimate of drug-likeness (QED) is 0.684. The molecule has 2 aromatic rings. The molecule has 1 aromatic carbocycles. The van der Waals surface area contributed by atoms with Crippen molar-refractivity contribution in [3.63, 3.8) is 0 Å². The average molecular weight is 302 g/mol. The van der Waals surface area contributed by atoms with E-state index >= 15 is 0 Å². The van der Waals surface area contributed by atoms with Gasteiger partial charge in [0.25, 0.3) is 0 Å². The molecule has 2 nitrogen and oxygen atoms in total. The molecule has 0 saturated heterocycles. The Morgan fingerprint density at radius 1 is 1.14 bits per heavy atom. The van der Waals surface area contributed by atoms with E-state index in [2.05, 4.69) is 16.7 Å². The Hall–Kier alpha value is -1.54. The van der Waals surface area contributed by atoms with Gasteiger partial charge in [-0.1, -0.05) is 61.2 Å². The summed E-state index contributed by atoms with van der Waals surface area (Å²) < 4.78 is 2.19. The van der Waals surface area contributed by atoms with Gasteiger partial charge in [-0.25, -0.2) is 0 Å². The summed E-state index contributed by atoms with van der Waals surface area (Å²) in [6.45, 7) is 1.61. The first kappa shape index (κ1) is 14.4. The second-order valence-corrected chi connectivity index (χ2v) is 6.22. The molecule has 1 aromatic heterocycles. The number of ketones is 1. The molecule has 1 aliphatic carbocycles. The number of hydrogen-bond acceptors (Lipinski definition) is 1. The first-order chi connectivity index (χ1) is 10.2. The maximum Gasteiger partial charge on any atom is 0.177 e. The highest BCUT2D eigenvalue weighted by atomic mass is 35.5. The molecule has 21 heavy (non-hydrogen) atoms. The molecule has 110 valence electrons. The monoisotopic (exact) mass is 301 g/mol. The molecule has 1 fully saturated rings. The summed E-state index contributed by atoms with van der Waals surface area (Å²) in [5.74, 6) is 0.0488. The minimum absolute atomic E-state index is 0.0488. The lowest BCUT2D eigenvalue weighted by Gasteiger charge is -2.27. The highest BCUT2D eigenvalue weighted by molar-refractivity contribution is 6.34. The fourth-order valence-corrected chi connectivity index (χ4v) is 3.71. The van der Waals surface area contributed by atoms with Crippen LogP contribution < -0.4 is 0 Å². The van der Waals surface area contributed by atoms with Crippen LogP contribution in [0.1, 0.15) is 55.6 Å². The Bertz CT molecular complexity index is 639. The van der Waals surface area contributed by atoms with E-state index in [1.54, 1.807) is 6.92 Å². The molecule has 0 aliphatic heterocycles. The summed E-state index contributed by atoms with van der Waals surface area (Å²) in [7, 11) is 0. The van der Waals surface area contributed by atoms with Crippen molar-refractivity contribution < 1.29 is 4.79 Å². The number of nitrogens with zero attached hydrogens (tertiary/aromatic N) is 1. The van der Waals surface area contributed by atoms with Gasteiger partial charge in [0.2, 0.25) is 0 Å². The van der Waals surface area contributed by atoms with Gasteiger partial charge in [0, 0.05) is 13.0 Å². The van der Waals surface area contributed by atoms with E-state index < -0.39 is 0 Å². The molecule has 0 amide bonds. The van der Waals surface area contributed by atoms with Gasteiger partial charge < -0.3 is 4.57 Å². The van der Waals surface area contributed by atoms with Crippen molar-refractivity contribution in [2.75, 3.05) is 0 Å². The number of rotatable bonds is 3. The van der Waals surface area contributed by atoms with E-state index in [4.69, 9.17) is 11.6 Å². The molecule has 0 bridgehead atoms. The van der Waals surface area contributed by atoms with Gasteiger partial charge in [-0.2, -0.15) is 0 Å². The second kappa shape index (κ2) is 6.07. The van der Waals surface area contributed by atoms with Gasteiger partial charge in [0.15, 0.2) is 5.78 Å². The van der Waals surface area contributed by atoms with E-state index in [1.165, 1.54) is 19.3 Å². The maximum absolute atomic E-state index is 12.1. The van der Waals surface area contributed by atoms with Gasteiger partial charge in [0.1, 0.15) is 5.69 Å². The van der Waals surface area contributed by atoms with Crippen molar-refractivity contribution in [1.29, 1.82) is 0 Å². The number of aromatic nitrogens is 1. The fourth-order valence-electron chi connectivity index (χ4n) is 3.38. The summed E-state index contributed by atoms with van der Waals surface area (Å²) in [5.41, 5.74) is 2.86. The zero-order valence-corrected chi connectivity index (χ0v) is 13.1. The van der Waals surface area contributed by atoms with Crippen LogP contribution in [0, 0.1) is 0 Å². The predicted octanol–water partition coefficient (Wildman–Crippen LogP) is 5.52. The smallest absolute Gasteiger partial charge is 0.177 e. The molecule has 0 atom stereocenters. The number of carbonyl (C=O) groups excluding carboxylic acids is 1. The molecule has 0 radical (unpaired) electrons. The Morgan fingerprint density at radius 2 is 1.81 bits per heavy atom. The van der Waals surface area contributed by atoms with Crippen LogP contribution in [-0.2, 0) is 0 Å². The van der Waals surface area contributed by atoms with Crippen molar-refractivity contribution in [1.82, 2.24) is 4.57 Å². The Labute approximate surface area is 130 Å². The van der Waals surface area contributed by atoms with E-state index in [9.17, 15) is 4.79 Å². The zero-order chi connectivity index (χ0) is 14.8. The van der Waals surface area contributed by atoms with Crippen molar-refractivity contribution in [2.24, 2.45) is 0 Å². The number of Topliss-reactive ketones (excluding diaryl/α,β-unsaturated/α-hetero) is 1. The topological polar surface area (TPSA) is 22.0 Å². The normalized spacial score (nSPS) is 16.1. The number of hydrogen-bond donors (Lipinski definition) is 0. The van der Waals surface area contributed by atoms with Gasteiger partial charge in [-0.15, -0.1) is 0 Å². The summed E-state index contributed by atoms with van der Waals surface area (Å²) in [6.07, 6.45) is 6.01. The molecule has 0 N–H and O–H groups in total. The van der Waals surface area contributed by atoms with Crippen molar-refractivity contribution in [2.45, 2.75) is 45.1 Å². The zero-order valence-electron chi connectivity index (χ0n) is 12.3. The maximum atomic E-state index is 12.1. The second-order valence-electron chi connectivity index (χ2n) is 5.81. The Morgan fingerprint density at radius 3 is 2.43 bits per heavy atom. The van der Waals surface area contributed by atoms with Crippen molar-refractivity contribution >= 4 is 17.4 Å². The fraction of sp³-hybridized carbons (Fsp3) is 0.389. The molecule has 0 unspecified atom stereocenters. The third-order valence-electron chi connectivity index (χ3n) is 4.33. The molecular formula is C18H20ClNO. The summed E-state index contributed by atoms with van der Waals surface area (Å²) in [4.78, 5) is 12.1. The van der Waals surface area contributed by atoms with Gasteiger partial charge >= 0.3 is 0 Å². The molecule has 1 saturated carbocycles. The number of halogens is 1. The van der Waals surface area contributed by atoms with Gasteiger partial charge in [-0.3, -0.25) is 4.79 Å². The van der Waals surface area contributed by atoms with Crippen LogP contribution in [0.3, 0.4) is 0 Å². The van der Waals surface area contributed by atoms with Crippen molar-refractivity contribution in [3.8, 4) is 11.3 Å². The van der Waals surface area contributed by atoms with E-state index in [1.807, 2.05) is 24.3 Å². The molecule has 0 spiro atoms. The van der Waals surface area contributed by atoms with Crippen LogP contribution in [0.25, 0.3) is 11.3 Å². The lowest BCUT2D eigenvalue weighted by atomic mass is 9.94. The van der Waals surface area contributed by atoms with Crippen LogP contribution in [0.5, 0.6) is 0 Å². The van der Waals surface area contributed by atoms with E-state index in [0.29, 0.717) is 16.8 Å². The third-order valence-corrected chi connectivity index (χ3v) is 4.62. The SMILES string of the molecule is CC(=O)c1c(Cl)cc(-c2ccccc2)n1C1CCCCC1. The molecular weight excluding hydrogens is 282 g/mol. The standard InChI is InChI=1S/C18H20ClNO/c1-13(21)18-16(19)12-17(14-8-4-2-5-9-14)20(18)15-10-6-3-7-11-15/h2,4-5,8-9,12,15H,3,6-7,10-11H2,1H3. The minimum atomic E-state index is 0.0488. The first-order valence-corrected chi connectivity index (χ1v) is 8.03. The van der Waals surface area contributed by atoms with Crippen LogP contribution in [-0.4, -0.2) is 10.4 Å². The molecule has 3 heteroatoms. The Balaban J connectivity index is 2.15. The van der Waals surface area contributed by atoms with E-state index in [-0.39, 0.29) is 5.78 Å². The highest BCUT2D eigenvalue weighted by Crippen LogP contribution is 2.38. The lowest BCUT2D eigenvalue weighted by Crippen LogP contribution is -2.18. The van der Waals surface area contributed by atoms with Gasteiger partial charge in [0.05, 0.1) is 10.7 Å². The summed E-state index contributed by atoms with van der Waals surface area (Å²) in [6, 6.07) is 12.5. The molecule has 1 aliphatic rings. The minimum Gasteiger partial charge on any atom is -0.334 e. The van der Waals surface area contributed by atoms with E-state index in [0.717, 1.165) is 24.1 Å². The van der Waals surface area contributed by atoms with Crippen LogP contribution in [0.4, 0.5) is 0 Å². The van der Waals surface area contributed by atoms with Crippen LogP contribution in [0.15, 0.2) is 36.4 Å². The average Bonchev–Trinajstić information content (AvgIpc) is 2.86.